The van der Waals surface area contributed by atoms with Crippen LogP contribution in [0.3, 0.4) is 0 Å². The summed E-state index contributed by atoms with van der Waals surface area (Å²) in [7, 11) is -8.07. The highest BCUT2D eigenvalue weighted by molar-refractivity contribution is 7.86. The summed E-state index contributed by atoms with van der Waals surface area (Å²) in [5.74, 6) is -0.575. The molecular weight excluding hydrogens is 484 g/mol. The van der Waals surface area contributed by atoms with E-state index in [0.29, 0.717) is 38.5 Å². The summed E-state index contributed by atoms with van der Waals surface area (Å²) in [6.45, 7) is 0. The van der Waals surface area contributed by atoms with Crippen molar-refractivity contribution in [1.29, 1.82) is 0 Å². The smallest absolute Gasteiger partial charge is 0.264 e. The molecule has 1 aliphatic carbocycles. The van der Waals surface area contributed by atoms with Crippen LogP contribution in [0.4, 0.5) is 0 Å². The first kappa shape index (κ1) is 25.6. The molecule has 0 amide bonds. The van der Waals surface area contributed by atoms with Gasteiger partial charge in [0, 0.05) is 5.41 Å². The third-order valence-corrected chi connectivity index (χ3v) is 8.50. The highest BCUT2D eigenvalue weighted by Crippen LogP contribution is 2.54. The van der Waals surface area contributed by atoms with Crippen LogP contribution in [0, 0.1) is 0 Å². The fourth-order valence-electron chi connectivity index (χ4n) is 5.35. The van der Waals surface area contributed by atoms with Gasteiger partial charge in [0.05, 0.1) is 11.5 Å². The van der Waals surface area contributed by atoms with Crippen molar-refractivity contribution in [1.82, 2.24) is 0 Å². The van der Waals surface area contributed by atoms with Gasteiger partial charge < -0.3 is 0 Å². The molecule has 0 atom stereocenters. The van der Waals surface area contributed by atoms with Crippen molar-refractivity contribution in [2.45, 2.75) is 43.9 Å². The van der Waals surface area contributed by atoms with E-state index >= 15 is 0 Å². The third kappa shape index (κ3) is 6.01. The molecular formula is C27H30O6S2. The molecule has 8 heteroatoms. The molecule has 0 radical (unpaired) electrons. The largest absolute Gasteiger partial charge is 0.286 e. The van der Waals surface area contributed by atoms with E-state index < -0.39 is 25.7 Å². The lowest BCUT2D eigenvalue weighted by Crippen LogP contribution is -2.26. The Morgan fingerprint density at radius 2 is 1.11 bits per heavy atom. The zero-order valence-corrected chi connectivity index (χ0v) is 21.1. The minimum absolute atomic E-state index is 0.287. The Hall–Kier alpha value is -2.52. The molecule has 0 unspecified atom stereocenters. The molecule has 4 rings (SSSR count). The lowest BCUT2D eigenvalue weighted by Gasteiger charge is -2.33. The summed E-state index contributed by atoms with van der Waals surface area (Å²) in [6, 6.07) is 24.7. The molecule has 3 aromatic carbocycles. The number of unbranched alkanes of at least 4 members (excludes halogenated alkanes) is 2. The Morgan fingerprint density at radius 3 is 1.71 bits per heavy atom. The lowest BCUT2D eigenvalue weighted by atomic mass is 9.70. The standard InChI is InChI=1S/C27H30O6S2/c28-34(29,30)18-8-6-16-27(17-7-9-19-35(31,32)33)25-13-5-4-12-23(25)24-15-14-22(20-26(24)27)21-10-2-1-3-11-21/h1-5,10-15,20H,6-9,16-19H2,(H,28,29,30)(H,31,32,33). The average Bonchev–Trinajstić information content (AvgIpc) is 3.09. The van der Waals surface area contributed by atoms with E-state index in [4.69, 9.17) is 0 Å². The second-order valence-electron chi connectivity index (χ2n) is 9.24. The van der Waals surface area contributed by atoms with Crippen LogP contribution in [0.5, 0.6) is 0 Å². The van der Waals surface area contributed by atoms with Gasteiger partial charge >= 0.3 is 0 Å². The molecule has 3 aromatic rings. The second kappa shape index (κ2) is 10.2. The zero-order chi connectivity index (χ0) is 25.1. The van der Waals surface area contributed by atoms with Crippen molar-refractivity contribution in [3.63, 3.8) is 0 Å². The van der Waals surface area contributed by atoms with E-state index in [1.54, 1.807) is 0 Å². The van der Waals surface area contributed by atoms with Gasteiger partial charge in [0.15, 0.2) is 0 Å². The predicted octanol–water partition coefficient (Wildman–Crippen LogP) is 5.74. The molecule has 0 saturated heterocycles. The van der Waals surface area contributed by atoms with E-state index in [1.807, 2.05) is 30.3 Å². The molecule has 2 N–H and O–H groups in total. The lowest BCUT2D eigenvalue weighted by molar-refractivity contribution is 0.410. The summed E-state index contributed by atoms with van der Waals surface area (Å²) >= 11 is 0. The monoisotopic (exact) mass is 514 g/mol. The highest BCUT2D eigenvalue weighted by Gasteiger charge is 2.42. The fourth-order valence-corrected chi connectivity index (χ4v) is 6.49. The Morgan fingerprint density at radius 1 is 0.571 bits per heavy atom. The summed E-state index contributed by atoms with van der Waals surface area (Å²) in [5.41, 5.74) is 6.32. The third-order valence-electron chi connectivity index (χ3n) is 6.89. The van der Waals surface area contributed by atoms with E-state index in [2.05, 4.69) is 42.5 Å². The molecule has 0 aliphatic heterocycles. The van der Waals surface area contributed by atoms with Gasteiger partial charge in [-0.15, -0.1) is 0 Å². The number of hydrogen-bond acceptors (Lipinski definition) is 4. The van der Waals surface area contributed by atoms with Crippen LogP contribution < -0.4 is 0 Å². The number of rotatable bonds is 11. The van der Waals surface area contributed by atoms with Crippen molar-refractivity contribution < 1.29 is 25.9 Å². The van der Waals surface area contributed by atoms with Crippen molar-refractivity contribution in [2.24, 2.45) is 0 Å². The van der Waals surface area contributed by atoms with Crippen molar-refractivity contribution in [3.8, 4) is 22.3 Å². The van der Waals surface area contributed by atoms with Crippen molar-refractivity contribution in [3.05, 3.63) is 83.9 Å². The first-order valence-corrected chi connectivity index (χ1v) is 15.0. The van der Waals surface area contributed by atoms with E-state index in [0.717, 1.165) is 33.4 Å². The van der Waals surface area contributed by atoms with Crippen LogP contribution in [0.2, 0.25) is 0 Å². The van der Waals surface area contributed by atoms with Crippen LogP contribution in [-0.2, 0) is 25.7 Å². The van der Waals surface area contributed by atoms with E-state index in [-0.39, 0.29) is 11.5 Å². The van der Waals surface area contributed by atoms with E-state index in [9.17, 15) is 25.9 Å². The Kier molecular flexibility index (Phi) is 7.47. The molecule has 186 valence electrons. The van der Waals surface area contributed by atoms with E-state index in [1.165, 1.54) is 0 Å². The number of hydrogen-bond donors (Lipinski definition) is 2. The zero-order valence-electron chi connectivity index (χ0n) is 19.4. The quantitative estimate of drug-likeness (QED) is 0.250. The number of fused-ring (bicyclic) bond motifs is 3. The van der Waals surface area contributed by atoms with Gasteiger partial charge in [-0.3, -0.25) is 9.11 Å². The maximum Gasteiger partial charge on any atom is 0.264 e. The van der Waals surface area contributed by atoms with Crippen LogP contribution in [-0.4, -0.2) is 37.4 Å². The van der Waals surface area contributed by atoms with Crippen LogP contribution in [0.25, 0.3) is 22.3 Å². The second-order valence-corrected chi connectivity index (χ2v) is 12.4. The van der Waals surface area contributed by atoms with Crippen molar-refractivity contribution >= 4 is 20.2 Å². The molecule has 6 nitrogen and oxygen atoms in total. The van der Waals surface area contributed by atoms with Crippen molar-refractivity contribution in [2.75, 3.05) is 11.5 Å². The SMILES string of the molecule is O=S(=O)(O)CCCCC1(CCCCS(=O)(=O)O)c2ccccc2-c2ccc(-c3ccccc3)cc21. The minimum Gasteiger partial charge on any atom is -0.286 e. The van der Waals surface area contributed by atoms with Gasteiger partial charge in [0.1, 0.15) is 0 Å². The summed E-state index contributed by atoms with van der Waals surface area (Å²) in [4.78, 5) is 0. The Bertz CT molecular complexity index is 1360. The summed E-state index contributed by atoms with van der Waals surface area (Å²) < 4.78 is 63.5. The summed E-state index contributed by atoms with van der Waals surface area (Å²) in [5, 5.41) is 0. The maximum atomic E-state index is 11.3. The molecule has 35 heavy (non-hydrogen) atoms. The highest BCUT2D eigenvalue weighted by atomic mass is 32.2. The summed E-state index contributed by atoms with van der Waals surface area (Å²) in [6.07, 6.45) is 3.17. The first-order valence-electron chi connectivity index (χ1n) is 11.8. The Balaban J connectivity index is 1.75. The normalized spacial score (nSPS) is 14.5. The molecule has 0 spiro atoms. The molecule has 1 aliphatic rings. The van der Waals surface area contributed by atoms with Gasteiger partial charge in [-0.25, -0.2) is 0 Å². The van der Waals surface area contributed by atoms with Crippen LogP contribution >= 0.6 is 0 Å². The predicted molar refractivity (Wildman–Crippen MR) is 139 cm³/mol. The van der Waals surface area contributed by atoms with Crippen LogP contribution in [0.15, 0.2) is 72.8 Å². The molecule has 0 aromatic heterocycles. The minimum atomic E-state index is -4.04. The van der Waals surface area contributed by atoms with Gasteiger partial charge in [0.25, 0.3) is 20.2 Å². The number of benzene rings is 3. The van der Waals surface area contributed by atoms with Gasteiger partial charge in [-0.2, -0.15) is 16.8 Å². The van der Waals surface area contributed by atoms with Crippen LogP contribution in [0.1, 0.15) is 49.7 Å². The molecule has 0 fully saturated rings. The molecule has 0 heterocycles. The van der Waals surface area contributed by atoms with Gasteiger partial charge in [0.2, 0.25) is 0 Å². The average molecular weight is 515 g/mol. The molecule has 0 saturated carbocycles. The topological polar surface area (TPSA) is 109 Å². The fraction of sp³-hybridized carbons (Fsp3) is 0.333. The molecule has 0 bridgehead atoms. The van der Waals surface area contributed by atoms with Gasteiger partial charge in [-0.05, 0) is 65.1 Å². The van der Waals surface area contributed by atoms with Gasteiger partial charge in [-0.1, -0.05) is 79.6 Å². The maximum absolute atomic E-state index is 11.3. The first-order chi connectivity index (χ1) is 16.6. The Labute approximate surface area is 207 Å².